The van der Waals surface area contributed by atoms with E-state index in [1.807, 2.05) is 19.9 Å². The van der Waals surface area contributed by atoms with Gasteiger partial charge in [0.1, 0.15) is 5.82 Å². The van der Waals surface area contributed by atoms with Crippen molar-refractivity contribution < 1.29 is 9.18 Å². The molecule has 1 aromatic carbocycles. The molecule has 1 aromatic rings. The van der Waals surface area contributed by atoms with Gasteiger partial charge in [0.05, 0.1) is 23.2 Å². The second kappa shape index (κ2) is 6.12. The summed E-state index contributed by atoms with van der Waals surface area (Å²) in [6.07, 6.45) is 0. The van der Waals surface area contributed by atoms with Gasteiger partial charge in [-0.25, -0.2) is 4.39 Å². The fourth-order valence-electron chi connectivity index (χ4n) is 1.59. The molecule has 0 spiro atoms. The van der Waals surface area contributed by atoms with Crippen molar-refractivity contribution in [2.24, 2.45) is 17.6 Å². The van der Waals surface area contributed by atoms with Crippen molar-refractivity contribution in [1.82, 2.24) is 0 Å². The first-order chi connectivity index (χ1) is 8.49. The minimum absolute atomic E-state index is 0.0677. The monoisotopic (exact) mass is 249 g/mol. The summed E-state index contributed by atoms with van der Waals surface area (Å²) in [6, 6.07) is 5.74. The molecule has 0 radical (unpaired) electrons. The molecule has 4 nitrogen and oxygen atoms in total. The summed E-state index contributed by atoms with van der Waals surface area (Å²) in [6.45, 7) is 3.97. The van der Waals surface area contributed by atoms with Gasteiger partial charge in [0.2, 0.25) is 5.91 Å². The highest BCUT2D eigenvalue weighted by Crippen LogP contribution is 2.18. The van der Waals surface area contributed by atoms with E-state index in [4.69, 9.17) is 11.0 Å². The number of carbonyl (C=O) groups excluding carboxylic acids is 1. The number of halogens is 1. The van der Waals surface area contributed by atoms with Gasteiger partial charge < -0.3 is 11.1 Å². The third-order valence-corrected chi connectivity index (χ3v) is 2.75. The van der Waals surface area contributed by atoms with E-state index in [1.54, 1.807) is 0 Å². The zero-order valence-electron chi connectivity index (χ0n) is 10.4. The third-order valence-electron chi connectivity index (χ3n) is 2.75. The molecule has 3 N–H and O–H groups in total. The van der Waals surface area contributed by atoms with Gasteiger partial charge in [0.25, 0.3) is 0 Å². The Morgan fingerprint density at radius 2 is 2.22 bits per heavy atom. The number of benzene rings is 1. The molecule has 96 valence electrons. The number of carbonyl (C=O) groups is 1. The van der Waals surface area contributed by atoms with Gasteiger partial charge in [-0.3, -0.25) is 4.79 Å². The summed E-state index contributed by atoms with van der Waals surface area (Å²) in [5.41, 5.74) is 5.79. The first-order valence-corrected chi connectivity index (χ1v) is 5.70. The lowest BCUT2D eigenvalue weighted by Crippen LogP contribution is -2.33. The highest BCUT2D eigenvalue weighted by atomic mass is 19.1. The van der Waals surface area contributed by atoms with Crippen molar-refractivity contribution in [1.29, 1.82) is 5.26 Å². The summed E-state index contributed by atoms with van der Waals surface area (Å²) < 4.78 is 13.6. The van der Waals surface area contributed by atoms with Gasteiger partial charge in [-0.1, -0.05) is 13.8 Å². The maximum Gasteiger partial charge on any atom is 0.229 e. The minimum atomic E-state index is -0.623. The molecular weight excluding hydrogens is 233 g/mol. The largest absolute Gasteiger partial charge is 0.330 e. The predicted molar refractivity (Wildman–Crippen MR) is 67.1 cm³/mol. The molecule has 1 atom stereocenters. The zero-order chi connectivity index (χ0) is 13.7. The van der Waals surface area contributed by atoms with Gasteiger partial charge in [0.15, 0.2) is 0 Å². The third kappa shape index (κ3) is 3.28. The normalized spacial score (nSPS) is 12.0. The van der Waals surface area contributed by atoms with E-state index in [1.165, 1.54) is 12.1 Å². The van der Waals surface area contributed by atoms with Crippen molar-refractivity contribution >= 4 is 11.6 Å². The lowest BCUT2D eigenvalue weighted by atomic mass is 9.95. The van der Waals surface area contributed by atoms with Crippen molar-refractivity contribution in [3.8, 4) is 6.07 Å². The van der Waals surface area contributed by atoms with Crippen LogP contribution in [-0.2, 0) is 4.79 Å². The Bertz CT molecular complexity index is 480. The Balaban J connectivity index is 2.85. The van der Waals surface area contributed by atoms with Gasteiger partial charge in [0, 0.05) is 6.54 Å². The highest BCUT2D eigenvalue weighted by Gasteiger charge is 2.21. The van der Waals surface area contributed by atoms with E-state index in [0.29, 0.717) is 0 Å². The van der Waals surface area contributed by atoms with Crippen LogP contribution in [0, 0.1) is 29.0 Å². The van der Waals surface area contributed by atoms with E-state index in [0.717, 1.165) is 6.07 Å². The molecule has 1 unspecified atom stereocenters. The van der Waals surface area contributed by atoms with Gasteiger partial charge in [-0.15, -0.1) is 0 Å². The van der Waals surface area contributed by atoms with E-state index < -0.39 is 5.82 Å². The second-order valence-electron chi connectivity index (χ2n) is 4.38. The van der Waals surface area contributed by atoms with Gasteiger partial charge in [-0.2, -0.15) is 5.26 Å². The average molecular weight is 249 g/mol. The first-order valence-electron chi connectivity index (χ1n) is 5.70. The molecule has 0 saturated heterocycles. The molecule has 1 rings (SSSR count). The van der Waals surface area contributed by atoms with Crippen LogP contribution in [0.4, 0.5) is 10.1 Å². The van der Waals surface area contributed by atoms with Crippen LogP contribution in [0.5, 0.6) is 0 Å². The summed E-state index contributed by atoms with van der Waals surface area (Å²) in [5, 5.41) is 11.1. The van der Waals surface area contributed by atoms with Crippen LogP contribution in [0.3, 0.4) is 0 Å². The van der Waals surface area contributed by atoms with E-state index >= 15 is 0 Å². The second-order valence-corrected chi connectivity index (χ2v) is 4.38. The number of nitrogens with two attached hydrogens (primary N) is 1. The number of anilines is 1. The summed E-state index contributed by atoms with van der Waals surface area (Å²) in [7, 11) is 0. The number of rotatable bonds is 4. The topological polar surface area (TPSA) is 78.9 Å². The van der Waals surface area contributed by atoms with Gasteiger partial charge >= 0.3 is 0 Å². The van der Waals surface area contributed by atoms with Crippen LogP contribution >= 0.6 is 0 Å². The standard InChI is InChI=1S/C13H16FN3O/c1-8(2)10(7-16)13(18)17-12-4-3-9(6-15)5-11(12)14/h3-5,8,10H,7,16H2,1-2H3,(H,17,18). The van der Waals surface area contributed by atoms with Crippen LogP contribution < -0.4 is 11.1 Å². The summed E-state index contributed by atoms with van der Waals surface area (Å²) in [4.78, 5) is 11.9. The molecule has 0 aliphatic rings. The summed E-state index contributed by atoms with van der Waals surface area (Å²) in [5.74, 6) is -1.21. The molecule has 0 heterocycles. The molecule has 0 fully saturated rings. The number of nitrogens with zero attached hydrogens (tertiary/aromatic N) is 1. The number of nitrogens with one attached hydrogen (secondary N) is 1. The molecule has 0 aromatic heterocycles. The zero-order valence-corrected chi connectivity index (χ0v) is 10.4. The SMILES string of the molecule is CC(C)C(CN)C(=O)Nc1ccc(C#N)cc1F. The van der Waals surface area contributed by atoms with E-state index in [9.17, 15) is 9.18 Å². The van der Waals surface area contributed by atoms with E-state index in [2.05, 4.69) is 5.32 Å². The van der Waals surface area contributed by atoms with Crippen LogP contribution in [0.1, 0.15) is 19.4 Å². The molecule has 5 heteroatoms. The molecule has 0 aliphatic heterocycles. The maximum atomic E-state index is 13.6. The van der Waals surface area contributed by atoms with Crippen LogP contribution in [0.15, 0.2) is 18.2 Å². The molecule has 1 amide bonds. The van der Waals surface area contributed by atoms with Crippen LogP contribution in [0.25, 0.3) is 0 Å². The minimum Gasteiger partial charge on any atom is -0.330 e. The smallest absolute Gasteiger partial charge is 0.229 e. The Morgan fingerprint density at radius 1 is 1.56 bits per heavy atom. The molecule has 0 bridgehead atoms. The number of hydrogen-bond acceptors (Lipinski definition) is 3. The quantitative estimate of drug-likeness (QED) is 0.854. The first kappa shape index (κ1) is 14.1. The van der Waals surface area contributed by atoms with Crippen LogP contribution in [0.2, 0.25) is 0 Å². The van der Waals surface area contributed by atoms with Crippen LogP contribution in [-0.4, -0.2) is 12.5 Å². The number of amides is 1. The Kier molecular flexibility index (Phi) is 4.81. The Morgan fingerprint density at radius 3 is 2.67 bits per heavy atom. The number of hydrogen-bond donors (Lipinski definition) is 2. The van der Waals surface area contributed by atoms with E-state index in [-0.39, 0.29) is 35.5 Å². The fraction of sp³-hybridized carbons (Fsp3) is 0.385. The molecular formula is C13H16FN3O. The van der Waals surface area contributed by atoms with Crippen molar-refractivity contribution in [2.45, 2.75) is 13.8 Å². The lowest BCUT2D eigenvalue weighted by molar-refractivity contribution is -0.120. The molecule has 0 aliphatic carbocycles. The average Bonchev–Trinajstić information content (AvgIpc) is 2.32. The lowest BCUT2D eigenvalue weighted by Gasteiger charge is -2.18. The molecule has 0 saturated carbocycles. The fourth-order valence-corrected chi connectivity index (χ4v) is 1.59. The Labute approximate surface area is 106 Å². The van der Waals surface area contributed by atoms with Crippen molar-refractivity contribution in [3.05, 3.63) is 29.6 Å². The van der Waals surface area contributed by atoms with Crippen molar-refractivity contribution in [3.63, 3.8) is 0 Å². The maximum absolute atomic E-state index is 13.6. The predicted octanol–water partition coefficient (Wildman–Crippen LogP) is 1.87. The Hall–Kier alpha value is -1.93. The van der Waals surface area contributed by atoms with Crippen molar-refractivity contribution in [2.75, 3.05) is 11.9 Å². The number of nitriles is 1. The highest BCUT2D eigenvalue weighted by molar-refractivity contribution is 5.93. The molecule has 18 heavy (non-hydrogen) atoms. The summed E-state index contributed by atoms with van der Waals surface area (Å²) >= 11 is 0. The van der Waals surface area contributed by atoms with Gasteiger partial charge in [-0.05, 0) is 24.1 Å².